The molecule has 1 aromatic carbocycles. The van der Waals surface area contributed by atoms with E-state index >= 15 is 0 Å². The fraction of sp³-hybridized carbons (Fsp3) is 0.538. The summed E-state index contributed by atoms with van der Waals surface area (Å²) in [6, 6.07) is 5.81. The lowest BCUT2D eigenvalue weighted by molar-refractivity contribution is 0.0833. The maximum atomic E-state index is 13.5. The minimum absolute atomic E-state index is 0. The highest BCUT2D eigenvalue weighted by Gasteiger charge is 2.29. The summed E-state index contributed by atoms with van der Waals surface area (Å²) in [7, 11) is 0. The summed E-state index contributed by atoms with van der Waals surface area (Å²) in [4.78, 5) is 0. The predicted molar refractivity (Wildman–Crippen MR) is 68.5 cm³/mol. The highest BCUT2D eigenvalue weighted by Crippen LogP contribution is 2.32. The number of nitrogens with two attached hydrogens (primary N) is 1. The van der Waals surface area contributed by atoms with Gasteiger partial charge in [-0.25, -0.2) is 4.39 Å². The predicted octanol–water partition coefficient (Wildman–Crippen LogP) is 2.80. The third-order valence-electron chi connectivity index (χ3n) is 3.52. The minimum atomic E-state index is -0.626. The fourth-order valence-corrected chi connectivity index (χ4v) is 2.52. The van der Waals surface area contributed by atoms with Gasteiger partial charge in [-0.05, 0) is 24.8 Å². The van der Waals surface area contributed by atoms with E-state index in [9.17, 15) is 9.50 Å². The SMILES string of the molecule is Cl.N[C@@H](c1ccccc1F)[C@H](O)C1CCCC1. The Morgan fingerprint density at radius 3 is 2.41 bits per heavy atom. The van der Waals surface area contributed by atoms with E-state index in [-0.39, 0.29) is 24.1 Å². The summed E-state index contributed by atoms with van der Waals surface area (Å²) in [6.45, 7) is 0. The molecule has 1 saturated carbocycles. The van der Waals surface area contributed by atoms with Crippen molar-refractivity contribution in [2.45, 2.75) is 37.8 Å². The lowest BCUT2D eigenvalue weighted by atomic mass is 9.91. The van der Waals surface area contributed by atoms with Gasteiger partial charge in [0.2, 0.25) is 0 Å². The Morgan fingerprint density at radius 1 is 1.24 bits per heavy atom. The van der Waals surface area contributed by atoms with Crippen LogP contribution in [-0.4, -0.2) is 11.2 Å². The first-order chi connectivity index (χ1) is 7.70. The van der Waals surface area contributed by atoms with Crippen molar-refractivity contribution in [3.63, 3.8) is 0 Å². The summed E-state index contributed by atoms with van der Waals surface area (Å²) in [5.41, 5.74) is 6.35. The lowest BCUT2D eigenvalue weighted by Crippen LogP contribution is -2.32. The van der Waals surface area contributed by atoms with Crippen molar-refractivity contribution < 1.29 is 9.50 Å². The van der Waals surface area contributed by atoms with Crippen molar-refractivity contribution >= 4 is 12.4 Å². The summed E-state index contributed by atoms with van der Waals surface area (Å²) in [5, 5.41) is 10.1. The van der Waals surface area contributed by atoms with Gasteiger partial charge in [0, 0.05) is 5.56 Å². The Balaban J connectivity index is 0.00000144. The lowest BCUT2D eigenvalue weighted by Gasteiger charge is -2.24. The maximum Gasteiger partial charge on any atom is 0.128 e. The topological polar surface area (TPSA) is 46.2 Å². The summed E-state index contributed by atoms with van der Waals surface area (Å²) in [5.74, 6) is -0.0957. The molecule has 0 aliphatic heterocycles. The van der Waals surface area contributed by atoms with Gasteiger partial charge in [0.15, 0.2) is 0 Å². The van der Waals surface area contributed by atoms with Gasteiger partial charge < -0.3 is 10.8 Å². The van der Waals surface area contributed by atoms with Gasteiger partial charge in [0.1, 0.15) is 5.82 Å². The minimum Gasteiger partial charge on any atom is -0.391 e. The molecule has 0 bridgehead atoms. The van der Waals surface area contributed by atoms with Crippen LogP contribution in [0.15, 0.2) is 24.3 Å². The molecule has 3 N–H and O–H groups in total. The molecule has 1 fully saturated rings. The molecule has 0 spiro atoms. The van der Waals surface area contributed by atoms with Gasteiger partial charge >= 0.3 is 0 Å². The average Bonchev–Trinajstić information content (AvgIpc) is 2.81. The molecule has 0 unspecified atom stereocenters. The van der Waals surface area contributed by atoms with Crippen molar-refractivity contribution in [3.8, 4) is 0 Å². The van der Waals surface area contributed by atoms with Gasteiger partial charge in [-0.3, -0.25) is 0 Å². The second kappa shape index (κ2) is 6.34. The summed E-state index contributed by atoms with van der Waals surface area (Å²) >= 11 is 0. The van der Waals surface area contributed by atoms with Crippen LogP contribution in [-0.2, 0) is 0 Å². The van der Waals surface area contributed by atoms with Gasteiger partial charge in [-0.1, -0.05) is 31.0 Å². The zero-order valence-electron chi connectivity index (χ0n) is 9.68. The zero-order chi connectivity index (χ0) is 11.5. The van der Waals surface area contributed by atoms with E-state index in [2.05, 4.69) is 0 Å². The average molecular weight is 260 g/mol. The van der Waals surface area contributed by atoms with E-state index in [0.29, 0.717) is 5.56 Å². The molecule has 0 saturated heterocycles. The van der Waals surface area contributed by atoms with E-state index in [1.165, 1.54) is 6.07 Å². The number of benzene rings is 1. The highest BCUT2D eigenvalue weighted by atomic mass is 35.5. The number of aliphatic hydroxyl groups is 1. The number of halogens is 2. The molecule has 4 heteroatoms. The second-order valence-corrected chi connectivity index (χ2v) is 4.58. The standard InChI is InChI=1S/C13H18FNO.ClH/c14-11-8-4-3-7-10(11)12(15)13(16)9-5-1-2-6-9;/h3-4,7-9,12-13,16H,1-2,5-6,15H2;1H/t12-,13+;/m0./s1. The molecule has 0 aromatic heterocycles. The van der Waals surface area contributed by atoms with Crippen LogP contribution >= 0.6 is 12.4 Å². The summed E-state index contributed by atoms with van der Waals surface area (Å²) < 4.78 is 13.5. The molecular weight excluding hydrogens is 241 g/mol. The quantitative estimate of drug-likeness (QED) is 0.877. The highest BCUT2D eigenvalue weighted by molar-refractivity contribution is 5.85. The molecule has 1 aromatic rings. The first-order valence-electron chi connectivity index (χ1n) is 5.88. The van der Waals surface area contributed by atoms with Crippen LogP contribution in [0.5, 0.6) is 0 Å². The van der Waals surface area contributed by atoms with Crippen molar-refractivity contribution in [2.75, 3.05) is 0 Å². The molecule has 0 heterocycles. The zero-order valence-corrected chi connectivity index (χ0v) is 10.5. The number of rotatable bonds is 3. The van der Waals surface area contributed by atoms with Crippen LogP contribution in [0, 0.1) is 11.7 Å². The van der Waals surface area contributed by atoms with E-state index in [1.54, 1.807) is 18.2 Å². The number of hydrogen-bond donors (Lipinski definition) is 2. The second-order valence-electron chi connectivity index (χ2n) is 4.58. The van der Waals surface area contributed by atoms with E-state index < -0.39 is 12.1 Å². The molecule has 17 heavy (non-hydrogen) atoms. The monoisotopic (exact) mass is 259 g/mol. The van der Waals surface area contributed by atoms with Crippen LogP contribution in [0.1, 0.15) is 37.3 Å². The van der Waals surface area contributed by atoms with Crippen LogP contribution in [0.3, 0.4) is 0 Å². The first-order valence-corrected chi connectivity index (χ1v) is 5.88. The molecule has 1 aliphatic carbocycles. The largest absolute Gasteiger partial charge is 0.391 e. The maximum absolute atomic E-state index is 13.5. The summed E-state index contributed by atoms with van der Waals surface area (Å²) in [6.07, 6.45) is 3.67. The van der Waals surface area contributed by atoms with Crippen molar-refractivity contribution in [1.29, 1.82) is 0 Å². The van der Waals surface area contributed by atoms with Crippen molar-refractivity contribution in [1.82, 2.24) is 0 Å². The Morgan fingerprint density at radius 2 is 1.82 bits per heavy atom. The van der Waals surface area contributed by atoms with Gasteiger partial charge in [-0.2, -0.15) is 0 Å². The Labute approximate surface area is 107 Å². The Bertz CT molecular complexity index is 355. The fourth-order valence-electron chi connectivity index (χ4n) is 2.52. The van der Waals surface area contributed by atoms with Crippen LogP contribution in [0.25, 0.3) is 0 Å². The molecule has 96 valence electrons. The molecule has 2 atom stereocenters. The van der Waals surface area contributed by atoms with Crippen LogP contribution in [0.2, 0.25) is 0 Å². The van der Waals surface area contributed by atoms with Crippen molar-refractivity contribution in [3.05, 3.63) is 35.6 Å². The van der Waals surface area contributed by atoms with E-state index in [1.807, 2.05) is 0 Å². The van der Waals surface area contributed by atoms with Crippen LogP contribution in [0.4, 0.5) is 4.39 Å². The van der Waals surface area contributed by atoms with E-state index in [4.69, 9.17) is 5.73 Å². The van der Waals surface area contributed by atoms with Gasteiger partial charge in [-0.15, -0.1) is 12.4 Å². The first kappa shape index (κ1) is 14.4. The molecular formula is C13H19ClFNO. The van der Waals surface area contributed by atoms with E-state index in [0.717, 1.165) is 25.7 Å². The molecule has 0 amide bonds. The molecule has 1 aliphatic rings. The Kier molecular flexibility index (Phi) is 5.37. The normalized spacial score (nSPS) is 19.7. The molecule has 2 nitrogen and oxygen atoms in total. The number of hydrogen-bond acceptors (Lipinski definition) is 2. The van der Waals surface area contributed by atoms with Crippen molar-refractivity contribution in [2.24, 2.45) is 11.7 Å². The molecule has 0 radical (unpaired) electrons. The van der Waals surface area contributed by atoms with Gasteiger partial charge in [0.05, 0.1) is 12.1 Å². The number of aliphatic hydroxyl groups excluding tert-OH is 1. The third-order valence-corrected chi connectivity index (χ3v) is 3.52. The Hall–Kier alpha value is -0.640. The smallest absolute Gasteiger partial charge is 0.128 e. The third kappa shape index (κ3) is 3.18. The van der Waals surface area contributed by atoms with Crippen LogP contribution < -0.4 is 5.73 Å². The van der Waals surface area contributed by atoms with Gasteiger partial charge in [0.25, 0.3) is 0 Å². The molecule has 2 rings (SSSR count).